The average molecular weight is 253 g/mol. The monoisotopic (exact) mass is 253 g/mol. The van der Waals surface area contributed by atoms with Gasteiger partial charge in [0.25, 0.3) is 0 Å². The fourth-order valence-electron chi connectivity index (χ4n) is 1.86. The number of aryl methyl sites for hydroxylation is 2. The predicted molar refractivity (Wildman–Crippen MR) is 66.5 cm³/mol. The average Bonchev–Trinajstić information content (AvgIpc) is 2.98. The molecule has 1 fully saturated rings. The molecule has 0 aromatic carbocycles. The number of hydrogen-bond donors (Lipinski definition) is 1. The van der Waals surface area contributed by atoms with Crippen molar-refractivity contribution in [2.24, 2.45) is 7.05 Å². The largest absolute Gasteiger partial charge is 0.548 e. The van der Waals surface area contributed by atoms with Gasteiger partial charge in [-0.1, -0.05) is 13.3 Å². The highest BCUT2D eigenvalue weighted by atomic mass is 16.4. The zero-order valence-electron chi connectivity index (χ0n) is 11.3. The van der Waals surface area contributed by atoms with Crippen LogP contribution >= 0.6 is 0 Å². The highest BCUT2D eigenvalue weighted by Gasteiger charge is 2.13. The number of hydrogen-bond acceptors (Lipinski definition) is 3. The number of carbonyl (C=O) groups excluding carboxylic acids is 1. The third-order valence-electron chi connectivity index (χ3n) is 2.94. The van der Waals surface area contributed by atoms with Crippen molar-refractivity contribution in [3.63, 3.8) is 0 Å². The molecule has 1 aromatic heterocycles. The van der Waals surface area contributed by atoms with Crippen LogP contribution in [0.2, 0.25) is 0 Å². The van der Waals surface area contributed by atoms with E-state index in [1.165, 1.54) is 12.8 Å². The highest BCUT2D eigenvalue weighted by molar-refractivity contribution is 5.71. The molecule has 0 amide bonds. The second kappa shape index (κ2) is 7.87. The van der Waals surface area contributed by atoms with Gasteiger partial charge < -0.3 is 15.2 Å². The van der Waals surface area contributed by atoms with Crippen molar-refractivity contribution < 1.29 is 14.5 Å². The summed E-state index contributed by atoms with van der Waals surface area (Å²) >= 11 is 0. The zero-order valence-corrected chi connectivity index (χ0v) is 11.3. The van der Waals surface area contributed by atoms with Gasteiger partial charge in [0.05, 0.1) is 19.6 Å². The number of aliphatic carboxylic acids is 1. The molecule has 1 atom stereocenters. The van der Waals surface area contributed by atoms with E-state index in [4.69, 9.17) is 0 Å². The summed E-state index contributed by atoms with van der Waals surface area (Å²) in [6.07, 6.45) is 10.5. The third-order valence-corrected chi connectivity index (χ3v) is 2.94. The number of aromatic nitrogens is 2. The molecule has 1 N–H and O–H groups in total. The quantitative estimate of drug-likeness (QED) is 0.743. The number of unbranched alkanes of at least 4 members (excludes halogenated alkanes) is 1. The van der Waals surface area contributed by atoms with Crippen molar-refractivity contribution >= 4 is 5.97 Å². The summed E-state index contributed by atoms with van der Waals surface area (Å²) in [5.74, 6) is -0.970. The Balaban J connectivity index is 0.000000184. The van der Waals surface area contributed by atoms with Crippen molar-refractivity contribution in [2.75, 3.05) is 6.54 Å². The summed E-state index contributed by atoms with van der Waals surface area (Å²) in [7, 11) is 2.04. The van der Waals surface area contributed by atoms with Gasteiger partial charge in [-0.3, -0.25) is 0 Å². The van der Waals surface area contributed by atoms with Crippen LogP contribution in [0.1, 0.15) is 32.6 Å². The molecule has 0 saturated carbocycles. The Morgan fingerprint density at radius 2 is 2.39 bits per heavy atom. The van der Waals surface area contributed by atoms with Crippen LogP contribution in [-0.2, 0) is 18.4 Å². The molecular formula is C13H23N3O2. The Morgan fingerprint density at radius 3 is 2.78 bits per heavy atom. The van der Waals surface area contributed by atoms with Crippen LogP contribution in [0.25, 0.3) is 0 Å². The Labute approximate surface area is 108 Å². The molecule has 2 heterocycles. The van der Waals surface area contributed by atoms with Gasteiger partial charge in [-0.05, 0) is 25.8 Å². The lowest BCUT2D eigenvalue weighted by molar-refractivity contribution is -0.671. The van der Waals surface area contributed by atoms with E-state index in [0.29, 0.717) is 0 Å². The summed E-state index contributed by atoms with van der Waals surface area (Å²) < 4.78 is 4.28. The Hall–Kier alpha value is -1.36. The molecule has 2 rings (SSSR count). The molecule has 5 heteroatoms. The van der Waals surface area contributed by atoms with Crippen LogP contribution in [0.4, 0.5) is 0 Å². The minimum absolute atomic E-state index is 0.380. The van der Waals surface area contributed by atoms with Gasteiger partial charge >= 0.3 is 0 Å². The number of rotatable bonds is 4. The maximum absolute atomic E-state index is 10.0. The van der Waals surface area contributed by atoms with E-state index in [9.17, 15) is 9.90 Å². The van der Waals surface area contributed by atoms with Crippen LogP contribution in [0.3, 0.4) is 0 Å². The van der Waals surface area contributed by atoms with E-state index in [1.807, 2.05) is 7.05 Å². The molecule has 0 radical (unpaired) electrons. The molecule has 1 aromatic rings. The van der Waals surface area contributed by atoms with Crippen LogP contribution < -0.4 is 15.0 Å². The zero-order chi connectivity index (χ0) is 13.4. The highest BCUT2D eigenvalue weighted by Crippen LogP contribution is 2.02. The number of carboxylic acid groups (broad SMARTS) is 1. The van der Waals surface area contributed by atoms with E-state index in [1.54, 1.807) is 0 Å². The first-order chi connectivity index (χ1) is 8.63. The summed E-state index contributed by atoms with van der Waals surface area (Å²) in [6.45, 7) is 4.18. The number of carbonyl (C=O) groups is 1. The molecule has 102 valence electrons. The van der Waals surface area contributed by atoms with Crippen molar-refractivity contribution in [1.29, 1.82) is 0 Å². The molecule has 1 saturated heterocycles. The van der Waals surface area contributed by atoms with Crippen molar-refractivity contribution in [2.45, 2.75) is 45.2 Å². The topological polar surface area (TPSA) is 61.0 Å². The van der Waals surface area contributed by atoms with Crippen LogP contribution in [-0.4, -0.2) is 23.1 Å². The molecule has 0 aliphatic carbocycles. The minimum atomic E-state index is -0.970. The molecule has 0 unspecified atom stereocenters. The summed E-state index contributed by atoms with van der Waals surface area (Å²) in [5.41, 5.74) is 0. The van der Waals surface area contributed by atoms with Crippen molar-refractivity contribution in [3.05, 3.63) is 18.7 Å². The number of imidazole rings is 1. The van der Waals surface area contributed by atoms with Gasteiger partial charge in [0.15, 0.2) is 0 Å². The first-order valence-electron chi connectivity index (χ1n) is 6.58. The molecule has 5 nitrogen and oxygen atoms in total. The van der Waals surface area contributed by atoms with E-state index < -0.39 is 5.97 Å². The SMILES string of the molecule is CCCCn1cc[n+](C)c1.O=C([O-])[C@@H]1CCCN1. The van der Waals surface area contributed by atoms with Crippen LogP contribution in [0.15, 0.2) is 18.7 Å². The van der Waals surface area contributed by atoms with Gasteiger partial charge in [0.1, 0.15) is 12.4 Å². The van der Waals surface area contributed by atoms with Crippen molar-refractivity contribution in [3.8, 4) is 0 Å². The Morgan fingerprint density at radius 1 is 1.61 bits per heavy atom. The Bertz CT molecular complexity index is 357. The predicted octanol–water partition coefficient (Wildman–Crippen LogP) is -0.399. The molecule has 1 aliphatic rings. The fourth-order valence-corrected chi connectivity index (χ4v) is 1.86. The molecule has 0 bridgehead atoms. The van der Waals surface area contributed by atoms with E-state index in [0.717, 1.165) is 25.9 Å². The normalized spacial score (nSPS) is 18.2. The first-order valence-corrected chi connectivity index (χ1v) is 6.58. The second-order valence-electron chi connectivity index (χ2n) is 4.64. The van der Waals surface area contributed by atoms with Gasteiger partial charge in [0.2, 0.25) is 6.33 Å². The molecule has 0 spiro atoms. The fraction of sp³-hybridized carbons (Fsp3) is 0.692. The smallest absolute Gasteiger partial charge is 0.243 e. The minimum Gasteiger partial charge on any atom is -0.548 e. The van der Waals surface area contributed by atoms with Gasteiger partial charge in [-0.25, -0.2) is 9.13 Å². The maximum Gasteiger partial charge on any atom is 0.243 e. The van der Waals surface area contributed by atoms with Gasteiger partial charge in [-0.15, -0.1) is 0 Å². The van der Waals surface area contributed by atoms with Crippen LogP contribution in [0, 0.1) is 0 Å². The number of carboxylic acids is 1. The molecule has 18 heavy (non-hydrogen) atoms. The molecule has 1 aliphatic heterocycles. The lowest BCUT2D eigenvalue weighted by atomic mass is 10.2. The van der Waals surface area contributed by atoms with Crippen LogP contribution in [0.5, 0.6) is 0 Å². The Kier molecular flexibility index (Phi) is 6.43. The number of nitrogens with one attached hydrogen (secondary N) is 1. The summed E-state index contributed by atoms with van der Waals surface area (Å²) in [5, 5.41) is 12.8. The summed E-state index contributed by atoms with van der Waals surface area (Å²) in [4.78, 5) is 10.0. The lowest BCUT2D eigenvalue weighted by Gasteiger charge is -2.08. The van der Waals surface area contributed by atoms with Gasteiger partial charge in [-0.2, -0.15) is 0 Å². The maximum atomic E-state index is 10.0. The standard InChI is InChI=1S/C8H15N2.C5H9NO2/c1-3-4-5-10-7-6-9(2)8-10;7-5(8)4-2-1-3-6-4/h6-8H,3-5H2,1-2H3;4,6H,1-3H2,(H,7,8)/q+1;/p-1/t;4-/m.0/s1. The van der Waals surface area contributed by atoms with Crippen molar-refractivity contribution in [1.82, 2.24) is 9.88 Å². The number of nitrogens with zero attached hydrogens (tertiary/aromatic N) is 2. The third kappa shape index (κ3) is 5.31. The van der Waals surface area contributed by atoms with E-state index >= 15 is 0 Å². The molecular weight excluding hydrogens is 230 g/mol. The van der Waals surface area contributed by atoms with Gasteiger partial charge in [0, 0.05) is 6.04 Å². The first kappa shape index (κ1) is 14.7. The van der Waals surface area contributed by atoms with E-state index in [2.05, 4.69) is 40.1 Å². The summed E-state index contributed by atoms with van der Waals surface area (Å²) in [6, 6.07) is -0.380. The van der Waals surface area contributed by atoms with E-state index in [-0.39, 0.29) is 6.04 Å². The second-order valence-corrected chi connectivity index (χ2v) is 4.64. The lowest BCUT2D eigenvalue weighted by Crippen LogP contribution is -2.41.